The molecule has 0 heterocycles. The topological polar surface area (TPSA) is 72.2 Å². The Kier molecular flexibility index (Phi) is 4.60. The van der Waals surface area contributed by atoms with Crippen molar-refractivity contribution in [1.82, 2.24) is 5.32 Å². The molecule has 0 saturated heterocycles. The van der Waals surface area contributed by atoms with E-state index in [2.05, 4.69) is 23.5 Å². The molecule has 2 aromatic carbocycles. The highest BCUT2D eigenvalue weighted by Crippen LogP contribution is 2.25. The molecular weight excluding hydrogens is 304 g/mol. The number of carbonyl (C=O) groups is 1. The zero-order chi connectivity index (χ0) is 17.1. The van der Waals surface area contributed by atoms with E-state index in [0.29, 0.717) is 5.56 Å². The number of non-ortho nitro benzene ring substituents is 1. The third kappa shape index (κ3) is 3.45. The number of nitrogens with zero attached hydrogens (tertiary/aromatic N) is 1. The second kappa shape index (κ2) is 6.83. The summed E-state index contributed by atoms with van der Waals surface area (Å²) < 4.78 is 0. The molecule has 0 saturated carbocycles. The van der Waals surface area contributed by atoms with E-state index in [-0.39, 0.29) is 17.6 Å². The van der Waals surface area contributed by atoms with E-state index in [1.165, 1.54) is 42.2 Å². The number of benzene rings is 2. The highest BCUT2D eigenvalue weighted by Gasteiger charge is 2.16. The molecule has 1 atom stereocenters. The summed E-state index contributed by atoms with van der Waals surface area (Å²) in [6, 6.07) is 12.0. The zero-order valence-electron chi connectivity index (χ0n) is 13.6. The van der Waals surface area contributed by atoms with Gasteiger partial charge in [0.05, 0.1) is 11.0 Å². The summed E-state index contributed by atoms with van der Waals surface area (Å²) in [6.07, 6.45) is 4.68. The minimum absolute atomic E-state index is 0.0796. The fourth-order valence-corrected chi connectivity index (χ4v) is 3.15. The van der Waals surface area contributed by atoms with Gasteiger partial charge in [-0.1, -0.05) is 24.3 Å². The molecule has 0 aromatic heterocycles. The van der Waals surface area contributed by atoms with E-state index in [1.807, 2.05) is 6.92 Å². The van der Waals surface area contributed by atoms with Gasteiger partial charge in [0.1, 0.15) is 0 Å². The number of aryl methyl sites for hydroxylation is 2. The lowest BCUT2D eigenvalue weighted by atomic mass is 9.89. The lowest BCUT2D eigenvalue weighted by molar-refractivity contribution is -0.384. The van der Waals surface area contributed by atoms with Crippen LogP contribution in [0, 0.1) is 10.1 Å². The van der Waals surface area contributed by atoms with Crippen molar-refractivity contribution in [2.45, 2.75) is 38.6 Å². The van der Waals surface area contributed by atoms with Crippen molar-refractivity contribution in [2.24, 2.45) is 0 Å². The van der Waals surface area contributed by atoms with E-state index in [4.69, 9.17) is 0 Å². The van der Waals surface area contributed by atoms with Crippen molar-refractivity contribution in [3.05, 3.63) is 74.8 Å². The van der Waals surface area contributed by atoms with Gasteiger partial charge in [0.15, 0.2) is 0 Å². The first-order valence-electron chi connectivity index (χ1n) is 8.21. The monoisotopic (exact) mass is 324 g/mol. The van der Waals surface area contributed by atoms with Gasteiger partial charge in [0.2, 0.25) is 0 Å². The number of nitrogens with one attached hydrogen (secondary N) is 1. The Bertz CT molecular complexity index is 786. The molecule has 0 bridgehead atoms. The summed E-state index contributed by atoms with van der Waals surface area (Å²) in [7, 11) is 0. The number of nitro benzene ring substituents is 1. The normalized spacial score (nSPS) is 14.5. The number of fused-ring (bicyclic) bond motifs is 1. The average Bonchev–Trinajstić information content (AvgIpc) is 2.61. The maximum absolute atomic E-state index is 12.4. The lowest BCUT2D eigenvalue weighted by Gasteiger charge is -2.20. The Morgan fingerprint density at radius 3 is 2.62 bits per heavy atom. The van der Waals surface area contributed by atoms with Crippen LogP contribution >= 0.6 is 0 Å². The summed E-state index contributed by atoms with van der Waals surface area (Å²) >= 11 is 0. The predicted molar refractivity (Wildman–Crippen MR) is 92.1 cm³/mol. The Hall–Kier alpha value is -2.69. The first kappa shape index (κ1) is 16.2. The summed E-state index contributed by atoms with van der Waals surface area (Å²) in [5, 5.41) is 13.8. The number of hydrogen-bond acceptors (Lipinski definition) is 3. The molecule has 2 aromatic rings. The first-order chi connectivity index (χ1) is 11.5. The number of carbonyl (C=O) groups excluding carboxylic acids is 1. The van der Waals surface area contributed by atoms with Gasteiger partial charge >= 0.3 is 0 Å². The zero-order valence-corrected chi connectivity index (χ0v) is 13.6. The van der Waals surface area contributed by atoms with Crippen molar-refractivity contribution < 1.29 is 9.72 Å². The van der Waals surface area contributed by atoms with Crippen molar-refractivity contribution >= 4 is 11.6 Å². The number of rotatable bonds is 4. The highest BCUT2D eigenvalue weighted by molar-refractivity contribution is 5.95. The predicted octanol–water partition coefficient (Wildman–Crippen LogP) is 3.96. The minimum Gasteiger partial charge on any atom is -0.346 e. The van der Waals surface area contributed by atoms with Crippen molar-refractivity contribution in [3.8, 4) is 0 Å². The van der Waals surface area contributed by atoms with Crippen LogP contribution in [0.15, 0.2) is 42.5 Å². The molecule has 0 aliphatic heterocycles. The van der Waals surface area contributed by atoms with E-state index < -0.39 is 4.92 Å². The molecule has 24 heavy (non-hydrogen) atoms. The molecule has 1 aliphatic carbocycles. The van der Waals surface area contributed by atoms with E-state index in [0.717, 1.165) is 18.4 Å². The van der Waals surface area contributed by atoms with Crippen molar-refractivity contribution in [3.63, 3.8) is 0 Å². The van der Waals surface area contributed by atoms with Crippen LogP contribution in [0.2, 0.25) is 0 Å². The van der Waals surface area contributed by atoms with Crippen LogP contribution in [0.25, 0.3) is 0 Å². The fraction of sp³-hybridized carbons (Fsp3) is 0.316. The third-order valence-electron chi connectivity index (χ3n) is 4.54. The molecule has 1 amide bonds. The minimum atomic E-state index is -0.496. The second-order valence-electron chi connectivity index (χ2n) is 6.24. The van der Waals surface area contributed by atoms with Gasteiger partial charge in [-0.3, -0.25) is 14.9 Å². The molecule has 0 fully saturated rings. The SMILES string of the molecule is CC(NC(=O)c1cccc([N+](=O)[O-])c1)c1ccc2c(c1)CCCC2. The average molecular weight is 324 g/mol. The number of nitro groups is 1. The van der Waals surface area contributed by atoms with Gasteiger partial charge in [0.25, 0.3) is 11.6 Å². The molecule has 1 unspecified atom stereocenters. The van der Waals surface area contributed by atoms with E-state index in [9.17, 15) is 14.9 Å². The summed E-state index contributed by atoms with van der Waals surface area (Å²) in [5.74, 6) is -0.302. The van der Waals surface area contributed by atoms with Crippen LogP contribution in [0.1, 0.15) is 52.9 Å². The van der Waals surface area contributed by atoms with Crippen LogP contribution in [0.5, 0.6) is 0 Å². The Morgan fingerprint density at radius 2 is 1.88 bits per heavy atom. The van der Waals surface area contributed by atoms with Crippen LogP contribution in [-0.2, 0) is 12.8 Å². The molecular formula is C19H20N2O3. The number of hydrogen-bond donors (Lipinski definition) is 1. The first-order valence-corrected chi connectivity index (χ1v) is 8.21. The van der Waals surface area contributed by atoms with E-state index >= 15 is 0 Å². The quantitative estimate of drug-likeness (QED) is 0.683. The fourth-order valence-electron chi connectivity index (χ4n) is 3.15. The molecule has 0 spiro atoms. The van der Waals surface area contributed by atoms with E-state index in [1.54, 1.807) is 6.07 Å². The molecule has 5 heteroatoms. The van der Waals surface area contributed by atoms with Crippen molar-refractivity contribution in [1.29, 1.82) is 0 Å². The molecule has 1 aliphatic rings. The Balaban J connectivity index is 1.74. The molecule has 1 N–H and O–H groups in total. The van der Waals surface area contributed by atoms with Crippen molar-refractivity contribution in [2.75, 3.05) is 0 Å². The van der Waals surface area contributed by atoms with Crippen LogP contribution in [0.3, 0.4) is 0 Å². The van der Waals surface area contributed by atoms with Gasteiger partial charge < -0.3 is 5.32 Å². The second-order valence-corrected chi connectivity index (χ2v) is 6.24. The number of amides is 1. The maximum atomic E-state index is 12.4. The summed E-state index contributed by atoms with van der Waals surface area (Å²) in [5.41, 5.74) is 4.06. The molecule has 0 radical (unpaired) electrons. The Labute approximate surface area is 140 Å². The van der Waals surface area contributed by atoms with Crippen LogP contribution in [-0.4, -0.2) is 10.8 Å². The highest BCUT2D eigenvalue weighted by atomic mass is 16.6. The van der Waals surface area contributed by atoms with Crippen LogP contribution < -0.4 is 5.32 Å². The Morgan fingerprint density at radius 1 is 1.12 bits per heavy atom. The van der Waals surface area contributed by atoms with Gasteiger partial charge in [-0.15, -0.1) is 0 Å². The molecule has 3 rings (SSSR count). The standard InChI is InChI=1S/C19H20N2O3/c1-13(15-10-9-14-5-2-3-6-16(14)11-15)20-19(22)17-7-4-8-18(12-17)21(23)24/h4,7-13H,2-3,5-6H2,1H3,(H,20,22). The van der Waals surface area contributed by atoms with Gasteiger partial charge in [0, 0.05) is 17.7 Å². The smallest absolute Gasteiger partial charge is 0.270 e. The van der Waals surface area contributed by atoms with Gasteiger partial charge in [-0.2, -0.15) is 0 Å². The maximum Gasteiger partial charge on any atom is 0.270 e. The third-order valence-corrected chi connectivity index (χ3v) is 4.54. The summed E-state index contributed by atoms with van der Waals surface area (Å²) in [6.45, 7) is 1.93. The van der Waals surface area contributed by atoms with Gasteiger partial charge in [-0.05, 0) is 55.4 Å². The molecule has 5 nitrogen and oxygen atoms in total. The summed E-state index contributed by atoms with van der Waals surface area (Å²) in [4.78, 5) is 22.7. The molecule has 124 valence electrons. The van der Waals surface area contributed by atoms with Gasteiger partial charge in [-0.25, -0.2) is 0 Å². The largest absolute Gasteiger partial charge is 0.346 e. The lowest BCUT2D eigenvalue weighted by Crippen LogP contribution is -2.26. The van der Waals surface area contributed by atoms with Crippen LogP contribution in [0.4, 0.5) is 5.69 Å².